The summed E-state index contributed by atoms with van der Waals surface area (Å²) in [6.45, 7) is 5.86. The van der Waals surface area contributed by atoms with Crippen LogP contribution in [0.15, 0.2) is 23.6 Å². The van der Waals surface area contributed by atoms with Crippen LogP contribution in [0.25, 0.3) is 0 Å². The van der Waals surface area contributed by atoms with E-state index in [-0.39, 0.29) is 17.1 Å². The standard InChI is InChI=1S/C10H13BrClF/c1-6(2)10(11)5-7(3)8(12)4-9(10)13/h4-6,8H,1-3H3. The fourth-order valence-corrected chi connectivity index (χ4v) is 1.98. The highest BCUT2D eigenvalue weighted by molar-refractivity contribution is 9.10. The Bertz CT molecular complexity index is 270. The Morgan fingerprint density at radius 1 is 1.62 bits per heavy atom. The zero-order chi connectivity index (χ0) is 10.2. The SMILES string of the molecule is CC1=CC(Br)(C(C)C)C(F)=CC1Cl. The molecule has 0 saturated carbocycles. The molecule has 1 rings (SSSR count). The quantitative estimate of drug-likeness (QED) is 0.493. The molecule has 2 unspecified atom stereocenters. The molecule has 0 bridgehead atoms. The maximum Gasteiger partial charge on any atom is 0.119 e. The van der Waals surface area contributed by atoms with Crippen molar-refractivity contribution >= 4 is 27.5 Å². The van der Waals surface area contributed by atoms with Crippen LogP contribution in [0.3, 0.4) is 0 Å². The van der Waals surface area contributed by atoms with Crippen LogP contribution in [0.1, 0.15) is 20.8 Å². The van der Waals surface area contributed by atoms with Crippen molar-refractivity contribution in [3.05, 3.63) is 23.6 Å². The molecule has 74 valence electrons. The summed E-state index contributed by atoms with van der Waals surface area (Å²) in [5, 5.41) is -0.301. The average molecular weight is 268 g/mol. The molecular formula is C10H13BrClF. The summed E-state index contributed by atoms with van der Waals surface area (Å²) in [4.78, 5) is 0. The lowest BCUT2D eigenvalue weighted by atomic mass is 9.87. The molecule has 1 aliphatic rings. The van der Waals surface area contributed by atoms with Gasteiger partial charge in [-0.1, -0.05) is 41.4 Å². The Morgan fingerprint density at radius 3 is 2.62 bits per heavy atom. The Labute approximate surface area is 92.0 Å². The van der Waals surface area contributed by atoms with Gasteiger partial charge in [-0.25, -0.2) is 4.39 Å². The third-order valence-electron chi connectivity index (χ3n) is 2.37. The minimum atomic E-state index is -0.650. The van der Waals surface area contributed by atoms with Crippen molar-refractivity contribution < 1.29 is 4.39 Å². The predicted octanol–water partition coefficient (Wildman–Crippen LogP) is 4.20. The second kappa shape index (κ2) is 3.74. The maximum atomic E-state index is 13.6. The molecule has 0 radical (unpaired) electrons. The molecule has 0 heterocycles. The first-order chi connectivity index (χ1) is 5.88. The number of rotatable bonds is 1. The van der Waals surface area contributed by atoms with Gasteiger partial charge < -0.3 is 0 Å². The van der Waals surface area contributed by atoms with Crippen LogP contribution in [-0.2, 0) is 0 Å². The van der Waals surface area contributed by atoms with E-state index in [1.54, 1.807) is 0 Å². The van der Waals surface area contributed by atoms with Crippen molar-refractivity contribution in [2.24, 2.45) is 5.92 Å². The smallest absolute Gasteiger partial charge is 0.119 e. The molecule has 0 aromatic heterocycles. The Hall–Kier alpha value is 0.180. The van der Waals surface area contributed by atoms with Crippen LogP contribution in [-0.4, -0.2) is 9.70 Å². The van der Waals surface area contributed by atoms with E-state index in [0.29, 0.717) is 0 Å². The van der Waals surface area contributed by atoms with Crippen molar-refractivity contribution in [3.63, 3.8) is 0 Å². The average Bonchev–Trinajstić information content (AvgIpc) is 2.01. The fourth-order valence-electron chi connectivity index (χ4n) is 1.31. The van der Waals surface area contributed by atoms with E-state index in [4.69, 9.17) is 11.6 Å². The number of allylic oxidation sites excluding steroid dienone is 4. The van der Waals surface area contributed by atoms with E-state index in [1.807, 2.05) is 26.8 Å². The third kappa shape index (κ3) is 1.99. The molecular weight excluding hydrogens is 254 g/mol. The van der Waals surface area contributed by atoms with Gasteiger partial charge in [0.1, 0.15) is 5.83 Å². The molecule has 0 aromatic rings. The van der Waals surface area contributed by atoms with Gasteiger partial charge in [0.05, 0.1) is 9.70 Å². The van der Waals surface area contributed by atoms with Crippen LogP contribution in [0, 0.1) is 5.92 Å². The second-order valence-corrected chi connectivity index (χ2v) is 5.51. The Balaban J connectivity index is 3.07. The lowest BCUT2D eigenvalue weighted by Crippen LogP contribution is -2.30. The largest absolute Gasteiger partial charge is 0.210 e. The van der Waals surface area contributed by atoms with E-state index in [2.05, 4.69) is 15.9 Å². The monoisotopic (exact) mass is 266 g/mol. The second-order valence-electron chi connectivity index (χ2n) is 3.73. The molecule has 0 spiro atoms. The Kier molecular flexibility index (Phi) is 3.24. The van der Waals surface area contributed by atoms with Crippen molar-refractivity contribution in [3.8, 4) is 0 Å². The van der Waals surface area contributed by atoms with Gasteiger partial charge in [0.15, 0.2) is 0 Å². The fraction of sp³-hybridized carbons (Fsp3) is 0.600. The number of hydrogen-bond acceptors (Lipinski definition) is 0. The number of hydrogen-bond donors (Lipinski definition) is 0. The zero-order valence-electron chi connectivity index (χ0n) is 7.94. The molecule has 0 amide bonds. The highest BCUT2D eigenvalue weighted by atomic mass is 79.9. The summed E-state index contributed by atoms with van der Waals surface area (Å²) in [5.41, 5.74) is 0.994. The first kappa shape index (κ1) is 11.3. The van der Waals surface area contributed by atoms with Crippen molar-refractivity contribution in [1.29, 1.82) is 0 Å². The minimum Gasteiger partial charge on any atom is -0.210 e. The van der Waals surface area contributed by atoms with Gasteiger partial charge in [0, 0.05) is 0 Å². The van der Waals surface area contributed by atoms with Gasteiger partial charge in [0.25, 0.3) is 0 Å². The lowest BCUT2D eigenvalue weighted by Gasteiger charge is -2.31. The molecule has 0 aromatic carbocycles. The van der Waals surface area contributed by atoms with Gasteiger partial charge in [-0.15, -0.1) is 11.6 Å². The third-order valence-corrected chi connectivity index (χ3v) is 4.37. The summed E-state index contributed by atoms with van der Waals surface area (Å²) in [6.07, 6.45) is 3.33. The van der Waals surface area contributed by atoms with Gasteiger partial charge in [-0.3, -0.25) is 0 Å². The van der Waals surface area contributed by atoms with Crippen molar-refractivity contribution in [2.45, 2.75) is 30.5 Å². The van der Waals surface area contributed by atoms with Crippen molar-refractivity contribution in [2.75, 3.05) is 0 Å². The van der Waals surface area contributed by atoms with E-state index in [9.17, 15) is 4.39 Å². The van der Waals surface area contributed by atoms with Crippen LogP contribution >= 0.6 is 27.5 Å². The zero-order valence-corrected chi connectivity index (χ0v) is 10.3. The molecule has 0 N–H and O–H groups in total. The summed E-state index contributed by atoms with van der Waals surface area (Å²) in [7, 11) is 0. The van der Waals surface area contributed by atoms with E-state index in [0.717, 1.165) is 5.57 Å². The van der Waals surface area contributed by atoms with E-state index >= 15 is 0 Å². The molecule has 0 fully saturated rings. The van der Waals surface area contributed by atoms with Gasteiger partial charge in [-0.2, -0.15) is 0 Å². The first-order valence-electron chi connectivity index (χ1n) is 4.28. The maximum absolute atomic E-state index is 13.6. The van der Waals surface area contributed by atoms with Crippen LogP contribution in [0.5, 0.6) is 0 Å². The molecule has 3 heteroatoms. The topological polar surface area (TPSA) is 0 Å². The molecule has 1 aliphatic carbocycles. The number of halogens is 3. The normalized spacial score (nSPS) is 34.5. The predicted molar refractivity (Wildman–Crippen MR) is 59.1 cm³/mol. The molecule has 13 heavy (non-hydrogen) atoms. The molecule has 0 aliphatic heterocycles. The van der Waals surface area contributed by atoms with E-state index < -0.39 is 4.32 Å². The highest BCUT2D eigenvalue weighted by Gasteiger charge is 2.37. The molecule has 0 nitrogen and oxygen atoms in total. The van der Waals surface area contributed by atoms with Crippen LogP contribution < -0.4 is 0 Å². The summed E-state index contributed by atoms with van der Waals surface area (Å²) in [6, 6.07) is 0. The molecule has 2 atom stereocenters. The first-order valence-corrected chi connectivity index (χ1v) is 5.51. The lowest BCUT2D eigenvalue weighted by molar-refractivity contribution is 0.461. The summed E-state index contributed by atoms with van der Waals surface area (Å²) >= 11 is 9.30. The van der Waals surface area contributed by atoms with Gasteiger partial charge >= 0.3 is 0 Å². The summed E-state index contributed by atoms with van der Waals surface area (Å²) < 4.78 is 12.9. The minimum absolute atomic E-state index is 0.169. The molecule has 0 saturated heterocycles. The number of alkyl halides is 2. The van der Waals surface area contributed by atoms with Crippen molar-refractivity contribution in [1.82, 2.24) is 0 Å². The highest BCUT2D eigenvalue weighted by Crippen LogP contribution is 2.42. The van der Waals surface area contributed by atoms with Crippen LogP contribution in [0.2, 0.25) is 0 Å². The van der Waals surface area contributed by atoms with Gasteiger partial charge in [0.2, 0.25) is 0 Å². The van der Waals surface area contributed by atoms with Crippen LogP contribution in [0.4, 0.5) is 4.39 Å². The van der Waals surface area contributed by atoms with Gasteiger partial charge in [-0.05, 0) is 18.9 Å². The summed E-state index contributed by atoms with van der Waals surface area (Å²) in [5.74, 6) is -0.0176. The van der Waals surface area contributed by atoms with E-state index in [1.165, 1.54) is 6.08 Å². The Morgan fingerprint density at radius 2 is 2.15 bits per heavy atom.